The molecule has 0 saturated heterocycles. The zero-order valence-corrected chi connectivity index (χ0v) is 19.1. The van der Waals surface area contributed by atoms with Gasteiger partial charge in [-0.15, -0.1) is 0 Å². The quantitative estimate of drug-likeness (QED) is 0.681. The van der Waals surface area contributed by atoms with Gasteiger partial charge in [0.25, 0.3) is 0 Å². The molecule has 2 aliphatic heterocycles. The van der Waals surface area contributed by atoms with Crippen LogP contribution in [0.15, 0.2) is 0 Å². The van der Waals surface area contributed by atoms with Crippen molar-refractivity contribution >= 4 is 12.2 Å². The Bertz CT molecular complexity index is 971. The third-order valence-corrected chi connectivity index (χ3v) is 5.68. The molecule has 6 heteroatoms. The van der Waals surface area contributed by atoms with Crippen molar-refractivity contribution in [3.05, 3.63) is 45.0 Å². The summed E-state index contributed by atoms with van der Waals surface area (Å²) in [4.78, 5) is 9.56. The fourth-order valence-corrected chi connectivity index (χ4v) is 3.86. The average Bonchev–Trinajstić information content (AvgIpc) is 2.65. The largest absolute Gasteiger partial charge is 0.461 e. The van der Waals surface area contributed by atoms with Gasteiger partial charge in [0.05, 0.1) is 36.0 Å². The number of aromatic nitrogens is 2. The van der Waals surface area contributed by atoms with Crippen molar-refractivity contribution in [2.24, 2.45) is 0 Å². The van der Waals surface area contributed by atoms with E-state index < -0.39 is 11.6 Å². The van der Waals surface area contributed by atoms with Gasteiger partial charge in [0.2, 0.25) is 11.6 Å². The van der Waals surface area contributed by atoms with E-state index in [2.05, 4.69) is 13.8 Å². The minimum Gasteiger partial charge on any atom is -0.461 e. The van der Waals surface area contributed by atoms with Crippen molar-refractivity contribution in [3.63, 3.8) is 0 Å². The van der Waals surface area contributed by atoms with Crippen molar-refractivity contribution < 1.29 is 18.9 Å². The molecule has 0 spiro atoms. The van der Waals surface area contributed by atoms with Gasteiger partial charge in [-0.1, -0.05) is 0 Å². The Balaban J connectivity index is 1.70. The van der Waals surface area contributed by atoms with Crippen LogP contribution in [0.5, 0.6) is 11.5 Å². The second-order valence-electron chi connectivity index (χ2n) is 8.94. The summed E-state index contributed by atoms with van der Waals surface area (Å²) >= 11 is 0. The maximum Gasteiger partial charge on any atom is 0.205 e. The lowest BCUT2D eigenvalue weighted by atomic mass is 10.0. The number of hydrogen-bond donors (Lipinski definition) is 0. The minimum absolute atomic E-state index is 0.512. The smallest absolute Gasteiger partial charge is 0.205 e. The van der Waals surface area contributed by atoms with Crippen molar-refractivity contribution in [2.75, 3.05) is 0 Å². The van der Waals surface area contributed by atoms with E-state index in [0.29, 0.717) is 13.2 Å². The fourth-order valence-electron chi connectivity index (χ4n) is 3.86. The number of pyridine rings is 2. The molecule has 2 aromatic rings. The normalized spacial score (nSPS) is 19.1. The first-order chi connectivity index (χ1) is 14.0. The molecule has 160 valence electrons. The predicted molar refractivity (Wildman–Crippen MR) is 115 cm³/mol. The van der Waals surface area contributed by atoms with Crippen molar-refractivity contribution in [1.82, 2.24) is 9.97 Å². The molecule has 2 aliphatic rings. The third kappa shape index (κ3) is 3.70. The highest BCUT2D eigenvalue weighted by Crippen LogP contribution is 2.38. The number of hydrogen-bond acceptors (Lipinski definition) is 6. The Labute approximate surface area is 178 Å². The maximum absolute atomic E-state index is 6.01. The maximum atomic E-state index is 6.01. The van der Waals surface area contributed by atoms with E-state index in [1.165, 1.54) is 0 Å². The van der Waals surface area contributed by atoms with Crippen LogP contribution in [0, 0.1) is 27.7 Å². The van der Waals surface area contributed by atoms with Crippen LogP contribution < -0.4 is 9.47 Å². The Morgan fingerprint density at radius 2 is 1.03 bits per heavy atom. The van der Waals surface area contributed by atoms with Crippen LogP contribution in [-0.4, -0.2) is 21.5 Å². The Hall–Kier alpha value is -2.44. The van der Waals surface area contributed by atoms with Gasteiger partial charge in [-0.2, -0.15) is 0 Å². The van der Waals surface area contributed by atoms with E-state index in [-0.39, 0.29) is 0 Å². The van der Waals surface area contributed by atoms with Gasteiger partial charge in [-0.25, -0.2) is 9.97 Å². The number of rotatable bonds is 2. The Morgan fingerprint density at radius 1 is 0.667 bits per heavy atom. The second-order valence-corrected chi connectivity index (χ2v) is 8.94. The van der Waals surface area contributed by atoms with Crippen LogP contribution in [0.3, 0.4) is 0 Å². The molecule has 6 nitrogen and oxygen atoms in total. The monoisotopic (exact) mass is 410 g/mol. The second kappa shape index (κ2) is 7.06. The molecule has 0 atom stereocenters. The lowest BCUT2D eigenvalue weighted by Gasteiger charge is -2.34. The van der Waals surface area contributed by atoms with Crippen LogP contribution in [0.25, 0.3) is 12.2 Å². The molecule has 30 heavy (non-hydrogen) atoms. The number of nitrogens with zero attached hydrogens (tertiary/aromatic N) is 2. The summed E-state index contributed by atoms with van der Waals surface area (Å²) in [7, 11) is 0. The first-order valence-electron chi connectivity index (χ1n) is 10.3. The zero-order chi connectivity index (χ0) is 21.8. The molecule has 0 radical (unpaired) electrons. The van der Waals surface area contributed by atoms with E-state index >= 15 is 0 Å². The average molecular weight is 411 g/mol. The minimum atomic E-state index is -0.635. The fraction of sp³-hybridized carbons (Fsp3) is 0.500. The predicted octanol–water partition coefficient (Wildman–Crippen LogP) is 5.17. The molecule has 0 N–H and O–H groups in total. The summed E-state index contributed by atoms with van der Waals surface area (Å²) in [5.41, 5.74) is 7.73. The van der Waals surface area contributed by atoms with E-state index in [0.717, 1.165) is 56.5 Å². The standard InChI is InChI=1S/C24H30N2O4/c1-13-17-11-27-23(5,6)29-21(17)15(3)25-19(13)9-10-20-14(2)18-12-28-24(7,8)30-22(18)16(4)26-20/h9-10H,11-12H2,1-8H3/b10-9+. The number of fused-ring (bicyclic) bond motifs is 2. The molecule has 0 bridgehead atoms. The first kappa shape index (κ1) is 20.8. The third-order valence-electron chi connectivity index (χ3n) is 5.68. The SMILES string of the molecule is Cc1nc(/C=C/c2nc(C)c3c(c2C)COC(C)(C)O3)c(C)c2c1OC(C)(C)OC2. The molecule has 0 aliphatic carbocycles. The molecule has 2 aromatic heterocycles. The highest BCUT2D eigenvalue weighted by atomic mass is 16.7. The van der Waals surface area contributed by atoms with Gasteiger partial charge in [-0.05, 0) is 51.0 Å². The summed E-state index contributed by atoms with van der Waals surface area (Å²) in [6.07, 6.45) is 4.02. The van der Waals surface area contributed by atoms with Gasteiger partial charge in [0.1, 0.15) is 11.5 Å². The van der Waals surface area contributed by atoms with E-state index in [1.807, 2.05) is 53.7 Å². The van der Waals surface area contributed by atoms with Gasteiger partial charge in [-0.3, -0.25) is 0 Å². The Morgan fingerprint density at radius 3 is 1.40 bits per heavy atom. The highest BCUT2D eigenvalue weighted by molar-refractivity contribution is 5.72. The zero-order valence-electron chi connectivity index (χ0n) is 19.1. The highest BCUT2D eigenvalue weighted by Gasteiger charge is 2.32. The molecule has 4 rings (SSSR count). The number of ether oxygens (including phenoxy) is 4. The van der Waals surface area contributed by atoms with Crippen LogP contribution in [0.2, 0.25) is 0 Å². The summed E-state index contributed by atoms with van der Waals surface area (Å²) in [5, 5.41) is 0. The van der Waals surface area contributed by atoms with Gasteiger partial charge in [0.15, 0.2) is 0 Å². The lowest BCUT2D eigenvalue weighted by Crippen LogP contribution is -2.36. The molecule has 0 amide bonds. The van der Waals surface area contributed by atoms with Crippen molar-refractivity contribution in [1.29, 1.82) is 0 Å². The van der Waals surface area contributed by atoms with Crippen molar-refractivity contribution in [2.45, 2.75) is 80.2 Å². The molecule has 0 unspecified atom stereocenters. The number of aryl methyl sites for hydroxylation is 2. The van der Waals surface area contributed by atoms with Crippen molar-refractivity contribution in [3.8, 4) is 11.5 Å². The molecular formula is C24H30N2O4. The molecule has 4 heterocycles. The topological polar surface area (TPSA) is 62.7 Å². The first-order valence-corrected chi connectivity index (χ1v) is 10.3. The van der Waals surface area contributed by atoms with Crippen LogP contribution in [0.1, 0.15) is 72.7 Å². The summed E-state index contributed by atoms with van der Waals surface area (Å²) in [6, 6.07) is 0. The summed E-state index contributed by atoms with van der Waals surface area (Å²) < 4.78 is 23.7. The van der Waals surface area contributed by atoms with Gasteiger partial charge < -0.3 is 18.9 Å². The molecule has 0 saturated carbocycles. The van der Waals surface area contributed by atoms with Crippen LogP contribution in [0.4, 0.5) is 0 Å². The van der Waals surface area contributed by atoms with Crippen LogP contribution >= 0.6 is 0 Å². The summed E-state index contributed by atoms with van der Waals surface area (Å²) in [5.74, 6) is 0.390. The molecule has 0 fully saturated rings. The molecule has 0 aromatic carbocycles. The summed E-state index contributed by atoms with van der Waals surface area (Å²) in [6.45, 7) is 16.7. The van der Waals surface area contributed by atoms with Gasteiger partial charge >= 0.3 is 0 Å². The van der Waals surface area contributed by atoms with E-state index in [9.17, 15) is 0 Å². The van der Waals surface area contributed by atoms with E-state index in [1.54, 1.807) is 0 Å². The van der Waals surface area contributed by atoms with E-state index in [4.69, 9.17) is 28.9 Å². The Kier molecular flexibility index (Phi) is 4.90. The van der Waals surface area contributed by atoms with Crippen LogP contribution in [-0.2, 0) is 22.7 Å². The lowest BCUT2D eigenvalue weighted by molar-refractivity contribution is -0.181. The molecular weight excluding hydrogens is 380 g/mol. The van der Waals surface area contributed by atoms with Gasteiger partial charge in [0, 0.05) is 38.8 Å².